The van der Waals surface area contributed by atoms with E-state index in [-0.39, 0.29) is 30.3 Å². The van der Waals surface area contributed by atoms with E-state index in [2.05, 4.69) is 5.32 Å². The van der Waals surface area contributed by atoms with Crippen molar-refractivity contribution in [2.24, 2.45) is 0 Å². The lowest BCUT2D eigenvalue weighted by Crippen LogP contribution is -2.13. The zero-order valence-corrected chi connectivity index (χ0v) is 12.9. The summed E-state index contributed by atoms with van der Waals surface area (Å²) in [5.74, 6) is -0.438. The minimum Gasteiger partial charge on any atom is -0.506 e. The van der Waals surface area contributed by atoms with Gasteiger partial charge in [-0.05, 0) is 48.9 Å². The zero-order chi connectivity index (χ0) is 16.1. The molecule has 0 aromatic heterocycles. The number of aryl methyl sites for hydroxylation is 1. The maximum Gasteiger partial charge on any atom is 0.224 e. The molecule has 2 aromatic carbocycles. The quantitative estimate of drug-likeness (QED) is 0.648. The van der Waals surface area contributed by atoms with E-state index in [1.165, 1.54) is 6.07 Å². The van der Waals surface area contributed by atoms with Crippen molar-refractivity contribution in [1.82, 2.24) is 0 Å². The number of carbonyl (C=O) groups excluding carboxylic acids is 2. The number of hydrogen-bond donors (Lipinski definition) is 2. The van der Waals surface area contributed by atoms with Crippen LogP contribution in [-0.2, 0) is 4.79 Å². The first-order valence-electron chi connectivity index (χ1n) is 6.84. The number of nitrogens with one attached hydrogen (secondary N) is 1. The topological polar surface area (TPSA) is 66.4 Å². The van der Waals surface area contributed by atoms with Crippen LogP contribution < -0.4 is 5.32 Å². The molecule has 22 heavy (non-hydrogen) atoms. The molecule has 5 heteroatoms. The third-order valence-corrected chi connectivity index (χ3v) is 3.42. The summed E-state index contributed by atoms with van der Waals surface area (Å²) in [7, 11) is 0. The van der Waals surface area contributed by atoms with Gasteiger partial charge in [-0.2, -0.15) is 0 Å². The molecule has 0 radical (unpaired) electrons. The van der Waals surface area contributed by atoms with E-state index < -0.39 is 0 Å². The molecule has 114 valence electrons. The molecule has 0 unspecified atom stereocenters. The number of carbonyl (C=O) groups is 2. The summed E-state index contributed by atoms with van der Waals surface area (Å²) in [5.41, 5.74) is 1.80. The zero-order valence-electron chi connectivity index (χ0n) is 12.1. The number of rotatable bonds is 5. The number of hydrogen-bond acceptors (Lipinski definition) is 3. The van der Waals surface area contributed by atoms with E-state index >= 15 is 0 Å². The molecule has 0 aliphatic heterocycles. The standard InChI is InChI=1S/C17H16ClNO3/c1-11-2-7-16(21)14(10-11)19-17(22)9-8-15(20)12-3-5-13(18)6-4-12/h2-7,10,21H,8-9H2,1H3,(H,19,22). The summed E-state index contributed by atoms with van der Waals surface area (Å²) < 4.78 is 0. The SMILES string of the molecule is Cc1ccc(O)c(NC(=O)CCC(=O)c2ccc(Cl)cc2)c1. The van der Waals surface area contributed by atoms with Crippen LogP contribution in [0.4, 0.5) is 5.69 Å². The first-order chi connectivity index (χ1) is 10.5. The van der Waals surface area contributed by atoms with Gasteiger partial charge in [-0.3, -0.25) is 9.59 Å². The van der Waals surface area contributed by atoms with Gasteiger partial charge in [0, 0.05) is 23.4 Å². The highest BCUT2D eigenvalue weighted by atomic mass is 35.5. The van der Waals surface area contributed by atoms with Gasteiger partial charge >= 0.3 is 0 Å². The van der Waals surface area contributed by atoms with Crippen molar-refractivity contribution in [3.05, 3.63) is 58.6 Å². The fraction of sp³-hybridized carbons (Fsp3) is 0.176. The van der Waals surface area contributed by atoms with Crippen LogP contribution in [0.15, 0.2) is 42.5 Å². The van der Waals surface area contributed by atoms with Crippen molar-refractivity contribution in [3.8, 4) is 5.75 Å². The van der Waals surface area contributed by atoms with Crippen LogP contribution in [0.2, 0.25) is 5.02 Å². The normalized spacial score (nSPS) is 10.3. The molecule has 4 nitrogen and oxygen atoms in total. The number of aromatic hydroxyl groups is 1. The monoisotopic (exact) mass is 317 g/mol. The minimum absolute atomic E-state index is 0.00276. The maximum atomic E-state index is 12.0. The highest BCUT2D eigenvalue weighted by Crippen LogP contribution is 2.24. The van der Waals surface area contributed by atoms with Crippen LogP contribution in [0.5, 0.6) is 5.75 Å². The minimum atomic E-state index is -0.316. The van der Waals surface area contributed by atoms with Gasteiger partial charge in [0.15, 0.2) is 5.78 Å². The Morgan fingerprint density at radius 1 is 1.09 bits per heavy atom. The molecule has 0 saturated heterocycles. The molecule has 0 atom stereocenters. The fourth-order valence-corrected chi connectivity index (χ4v) is 2.10. The predicted molar refractivity (Wildman–Crippen MR) is 86.5 cm³/mol. The van der Waals surface area contributed by atoms with Crippen molar-refractivity contribution in [3.63, 3.8) is 0 Å². The summed E-state index contributed by atoms with van der Waals surface area (Å²) in [6.07, 6.45) is 0.148. The van der Waals surface area contributed by atoms with Crippen molar-refractivity contribution in [2.75, 3.05) is 5.32 Å². The number of Topliss-reactive ketones (excluding diaryl/α,β-unsaturated/α-hetero) is 1. The third kappa shape index (κ3) is 4.33. The van der Waals surface area contributed by atoms with Gasteiger partial charge in [0.2, 0.25) is 5.91 Å². The summed E-state index contributed by atoms with van der Waals surface area (Å²) >= 11 is 5.76. The van der Waals surface area contributed by atoms with Crippen LogP contribution in [0.25, 0.3) is 0 Å². The van der Waals surface area contributed by atoms with Crippen molar-refractivity contribution in [1.29, 1.82) is 0 Å². The van der Waals surface area contributed by atoms with Crippen molar-refractivity contribution >= 4 is 29.0 Å². The molecule has 0 spiro atoms. The van der Waals surface area contributed by atoms with Gasteiger partial charge in [0.1, 0.15) is 5.75 Å². The molecule has 2 N–H and O–H groups in total. The van der Waals surface area contributed by atoms with Crippen LogP contribution in [-0.4, -0.2) is 16.8 Å². The first kappa shape index (κ1) is 16.0. The van der Waals surface area contributed by atoms with Crippen LogP contribution in [0.1, 0.15) is 28.8 Å². The molecule has 0 fully saturated rings. The first-order valence-corrected chi connectivity index (χ1v) is 7.22. The molecule has 0 aliphatic rings. The van der Waals surface area contributed by atoms with Crippen molar-refractivity contribution in [2.45, 2.75) is 19.8 Å². The van der Waals surface area contributed by atoms with E-state index in [1.807, 2.05) is 6.92 Å². The van der Waals surface area contributed by atoms with Crippen LogP contribution in [0.3, 0.4) is 0 Å². The summed E-state index contributed by atoms with van der Waals surface area (Å²) in [6.45, 7) is 1.86. The van der Waals surface area contributed by atoms with Crippen molar-refractivity contribution < 1.29 is 14.7 Å². The summed E-state index contributed by atoms with van der Waals surface area (Å²) in [4.78, 5) is 23.8. The maximum absolute atomic E-state index is 12.0. The molecule has 1 amide bonds. The summed E-state index contributed by atoms with van der Waals surface area (Å²) in [6, 6.07) is 11.5. The van der Waals surface area contributed by atoms with Gasteiger partial charge in [0.05, 0.1) is 5.69 Å². The highest BCUT2D eigenvalue weighted by Gasteiger charge is 2.11. The Bertz CT molecular complexity index is 696. The molecule has 0 aliphatic carbocycles. The van der Waals surface area contributed by atoms with E-state index in [4.69, 9.17) is 11.6 Å². The number of ketones is 1. The smallest absolute Gasteiger partial charge is 0.224 e. The largest absolute Gasteiger partial charge is 0.506 e. The fourth-order valence-electron chi connectivity index (χ4n) is 1.97. The summed E-state index contributed by atoms with van der Waals surface area (Å²) in [5, 5.41) is 12.8. The second-order valence-corrected chi connectivity index (χ2v) is 5.44. The lowest BCUT2D eigenvalue weighted by Gasteiger charge is -2.08. The Morgan fingerprint density at radius 3 is 2.45 bits per heavy atom. The molecule has 0 heterocycles. The number of phenolic OH excluding ortho intramolecular Hbond substituents is 1. The van der Waals surface area contributed by atoms with Gasteiger partial charge < -0.3 is 10.4 Å². The number of phenols is 1. The molecular formula is C17H16ClNO3. The Hall–Kier alpha value is -2.33. The van der Waals surface area contributed by atoms with E-state index in [1.54, 1.807) is 36.4 Å². The predicted octanol–water partition coefficient (Wildman–Crippen LogP) is 3.96. The molecule has 2 aromatic rings. The Morgan fingerprint density at radius 2 is 1.77 bits per heavy atom. The number of benzene rings is 2. The number of anilines is 1. The molecule has 0 bridgehead atoms. The third-order valence-electron chi connectivity index (χ3n) is 3.17. The van der Waals surface area contributed by atoms with E-state index in [0.717, 1.165) is 5.56 Å². The Kier molecular flexibility index (Phi) is 5.17. The van der Waals surface area contributed by atoms with Crippen LogP contribution >= 0.6 is 11.6 Å². The number of halogens is 1. The molecule has 2 rings (SSSR count). The lowest BCUT2D eigenvalue weighted by molar-refractivity contribution is -0.116. The van der Waals surface area contributed by atoms with Gasteiger partial charge in [-0.25, -0.2) is 0 Å². The Balaban J connectivity index is 1.91. The van der Waals surface area contributed by atoms with E-state index in [0.29, 0.717) is 16.3 Å². The van der Waals surface area contributed by atoms with Gasteiger partial charge in [-0.1, -0.05) is 17.7 Å². The highest BCUT2D eigenvalue weighted by molar-refractivity contribution is 6.30. The second-order valence-electron chi connectivity index (χ2n) is 5.00. The van der Waals surface area contributed by atoms with Gasteiger partial charge in [-0.15, -0.1) is 0 Å². The van der Waals surface area contributed by atoms with Gasteiger partial charge in [0.25, 0.3) is 0 Å². The molecular weight excluding hydrogens is 302 g/mol. The number of amides is 1. The lowest BCUT2D eigenvalue weighted by atomic mass is 10.1. The van der Waals surface area contributed by atoms with E-state index in [9.17, 15) is 14.7 Å². The average Bonchev–Trinajstić information content (AvgIpc) is 2.49. The average molecular weight is 318 g/mol. The van der Waals surface area contributed by atoms with Crippen LogP contribution in [0, 0.1) is 6.92 Å². The Labute approximate surface area is 133 Å². The second kappa shape index (κ2) is 7.09. The molecule has 0 saturated carbocycles.